The lowest BCUT2D eigenvalue weighted by Crippen LogP contribution is -2.02. The Kier molecular flexibility index (Phi) is 4.55. The fourth-order valence-electron chi connectivity index (χ4n) is 3.16. The first-order valence-electron chi connectivity index (χ1n) is 9.33. The average Bonchev–Trinajstić information content (AvgIpc) is 3.44. The lowest BCUT2D eigenvalue weighted by molar-refractivity contribution is 0.431. The van der Waals surface area contributed by atoms with E-state index in [1.165, 1.54) is 16.8 Å². The molecule has 5 rings (SSSR count). The molecule has 0 atom stereocenters. The van der Waals surface area contributed by atoms with Gasteiger partial charge in [0.05, 0.1) is 0 Å². The minimum Gasteiger partial charge on any atom is -0.332 e. The number of hydrogen-bond acceptors (Lipinski definition) is 6. The maximum absolute atomic E-state index is 14.5. The summed E-state index contributed by atoms with van der Waals surface area (Å²) in [7, 11) is 0. The van der Waals surface area contributed by atoms with E-state index >= 15 is 0 Å². The molecule has 0 aliphatic heterocycles. The second kappa shape index (κ2) is 7.52. The Morgan fingerprint density at radius 1 is 0.903 bits per heavy atom. The Morgan fingerprint density at radius 2 is 1.71 bits per heavy atom. The Morgan fingerprint density at radius 3 is 2.48 bits per heavy atom. The summed E-state index contributed by atoms with van der Waals surface area (Å²) in [6.07, 6.45) is 3.21. The normalized spacial score (nSPS) is 11.1. The van der Waals surface area contributed by atoms with Gasteiger partial charge in [-0.1, -0.05) is 34.6 Å². The van der Waals surface area contributed by atoms with Gasteiger partial charge in [-0.2, -0.15) is 4.98 Å². The van der Waals surface area contributed by atoms with Gasteiger partial charge in [0.2, 0.25) is 5.82 Å². The summed E-state index contributed by atoms with van der Waals surface area (Å²) in [5.41, 5.74) is 2.59. The number of hydrogen-bond donors (Lipinski definition) is 0. The van der Waals surface area contributed by atoms with Crippen LogP contribution in [0.1, 0.15) is 5.56 Å². The van der Waals surface area contributed by atoms with Gasteiger partial charge in [0.15, 0.2) is 5.69 Å². The maximum atomic E-state index is 14.5. The molecular weight excluding hydrogens is 402 g/mol. The van der Waals surface area contributed by atoms with E-state index in [0.29, 0.717) is 22.4 Å². The van der Waals surface area contributed by atoms with Crippen LogP contribution in [-0.4, -0.2) is 30.1 Å². The lowest BCUT2D eigenvalue weighted by Gasteiger charge is -2.08. The van der Waals surface area contributed by atoms with Crippen molar-refractivity contribution in [2.24, 2.45) is 0 Å². The Balaban J connectivity index is 1.66. The van der Waals surface area contributed by atoms with Gasteiger partial charge in [0, 0.05) is 23.5 Å². The summed E-state index contributed by atoms with van der Waals surface area (Å²) >= 11 is 0. The molecule has 7 nitrogen and oxygen atoms in total. The highest BCUT2D eigenvalue weighted by molar-refractivity contribution is 5.76. The molecule has 9 heteroatoms. The zero-order chi connectivity index (χ0) is 21.4. The molecule has 0 fully saturated rings. The first-order valence-corrected chi connectivity index (χ1v) is 9.33. The van der Waals surface area contributed by atoms with Gasteiger partial charge in [-0.25, -0.2) is 13.5 Å². The summed E-state index contributed by atoms with van der Waals surface area (Å²) in [6, 6.07) is 14.4. The van der Waals surface area contributed by atoms with Crippen LogP contribution in [0, 0.1) is 18.6 Å². The summed E-state index contributed by atoms with van der Waals surface area (Å²) in [4.78, 5) is 8.39. The molecule has 31 heavy (non-hydrogen) atoms. The third kappa shape index (κ3) is 3.35. The highest BCUT2D eigenvalue weighted by Crippen LogP contribution is 2.32. The molecule has 5 aromatic rings. The molecular formula is C22H14F2N6O. The molecule has 0 bridgehead atoms. The number of halogens is 2. The number of pyridine rings is 1. The third-order valence-corrected chi connectivity index (χ3v) is 4.76. The standard InChI is InChI=1S/C22H14F2N6O/c1-13-6-7-15(12-17(13)24)21-26-22(31-28-21)19-20(14-8-10-25-11-9-14)30(29-27-19)18-5-3-2-4-16(18)23/h2-12H,1H3. The number of rotatable bonds is 4. The number of aryl methyl sites for hydroxylation is 1. The van der Waals surface area contributed by atoms with Crippen LogP contribution in [0.4, 0.5) is 8.78 Å². The van der Waals surface area contributed by atoms with Crippen LogP contribution < -0.4 is 0 Å². The van der Waals surface area contributed by atoms with Crippen molar-refractivity contribution < 1.29 is 13.3 Å². The van der Waals surface area contributed by atoms with Crippen molar-refractivity contribution in [2.45, 2.75) is 6.92 Å². The van der Waals surface area contributed by atoms with Gasteiger partial charge in [0.1, 0.15) is 23.0 Å². The van der Waals surface area contributed by atoms with Gasteiger partial charge in [-0.15, -0.1) is 5.10 Å². The van der Waals surface area contributed by atoms with Crippen molar-refractivity contribution in [1.29, 1.82) is 0 Å². The minimum absolute atomic E-state index is 0.0744. The van der Waals surface area contributed by atoms with Crippen molar-refractivity contribution >= 4 is 0 Å². The van der Waals surface area contributed by atoms with Crippen LogP contribution in [0.5, 0.6) is 0 Å². The van der Waals surface area contributed by atoms with E-state index in [2.05, 4.69) is 25.4 Å². The molecule has 0 saturated carbocycles. The average molecular weight is 416 g/mol. The molecule has 0 amide bonds. The van der Waals surface area contributed by atoms with Gasteiger partial charge in [0.25, 0.3) is 5.89 Å². The van der Waals surface area contributed by atoms with Crippen LogP contribution in [0.25, 0.3) is 39.9 Å². The molecule has 0 radical (unpaired) electrons. The van der Waals surface area contributed by atoms with E-state index in [1.807, 2.05) is 0 Å². The number of nitrogens with zero attached hydrogens (tertiary/aromatic N) is 6. The predicted molar refractivity (Wildman–Crippen MR) is 108 cm³/mol. The maximum Gasteiger partial charge on any atom is 0.281 e. The van der Waals surface area contributed by atoms with E-state index in [0.717, 1.165) is 0 Å². The SMILES string of the molecule is Cc1ccc(-c2noc(-c3nnn(-c4ccccc4F)c3-c3ccncc3)n2)cc1F. The number of benzene rings is 2. The molecule has 2 aromatic carbocycles. The summed E-state index contributed by atoms with van der Waals surface area (Å²) < 4.78 is 35.2. The van der Waals surface area contributed by atoms with Gasteiger partial charge < -0.3 is 4.52 Å². The molecule has 152 valence electrons. The Hall–Kier alpha value is -4.27. The van der Waals surface area contributed by atoms with Gasteiger partial charge >= 0.3 is 0 Å². The van der Waals surface area contributed by atoms with E-state index in [9.17, 15) is 8.78 Å². The van der Waals surface area contributed by atoms with Crippen molar-refractivity contribution in [1.82, 2.24) is 30.1 Å². The van der Waals surface area contributed by atoms with Crippen LogP contribution in [-0.2, 0) is 0 Å². The monoisotopic (exact) mass is 416 g/mol. The van der Waals surface area contributed by atoms with E-state index in [4.69, 9.17) is 4.52 Å². The predicted octanol–water partition coefficient (Wildman–Crippen LogP) is 4.63. The summed E-state index contributed by atoms with van der Waals surface area (Å²) in [6.45, 7) is 1.67. The zero-order valence-electron chi connectivity index (χ0n) is 16.2. The van der Waals surface area contributed by atoms with Crippen molar-refractivity contribution in [3.8, 4) is 39.9 Å². The van der Waals surface area contributed by atoms with Gasteiger partial charge in [-0.05, 0) is 42.8 Å². The topological polar surface area (TPSA) is 82.5 Å². The molecule has 0 saturated heterocycles. The molecule has 0 aliphatic carbocycles. The van der Waals surface area contributed by atoms with Gasteiger partial charge in [-0.3, -0.25) is 4.98 Å². The van der Waals surface area contributed by atoms with Crippen LogP contribution >= 0.6 is 0 Å². The van der Waals surface area contributed by atoms with E-state index in [1.54, 1.807) is 61.8 Å². The molecule has 0 N–H and O–H groups in total. The fourth-order valence-corrected chi connectivity index (χ4v) is 3.16. The fraction of sp³-hybridized carbons (Fsp3) is 0.0455. The Bertz CT molecular complexity index is 1380. The minimum atomic E-state index is -0.462. The Labute approximate surface area is 175 Å². The number of aromatic nitrogens is 6. The third-order valence-electron chi connectivity index (χ3n) is 4.76. The van der Waals surface area contributed by atoms with Crippen LogP contribution in [0.3, 0.4) is 0 Å². The van der Waals surface area contributed by atoms with Crippen molar-refractivity contribution in [3.63, 3.8) is 0 Å². The second-order valence-corrected chi connectivity index (χ2v) is 6.77. The highest BCUT2D eigenvalue weighted by atomic mass is 19.1. The van der Waals surface area contributed by atoms with E-state index in [-0.39, 0.29) is 28.9 Å². The second-order valence-electron chi connectivity index (χ2n) is 6.77. The molecule has 3 aromatic heterocycles. The number of para-hydroxylation sites is 1. The summed E-state index contributed by atoms with van der Waals surface area (Å²) in [5, 5.41) is 12.3. The first kappa shape index (κ1) is 18.7. The van der Waals surface area contributed by atoms with Crippen molar-refractivity contribution in [2.75, 3.05) is 0 Å². The molecule has 0 spiro atoms. The zero-order valence-corrected chi connectivity index (χ0v) is 16.2. The summed E-state index contributed by atoms with van der Waals surface area (Å²) in [5.74, 6) is -0.553. The smallest absolute Gasteiger partial charge is 0.281 e. The highest BCUT2D eigenvalue weighted by Gasteiger charge is 2.24. The van der Waals surface area contributed by atoms with Crippen molar-refractivity contribution in [3.05, 3.63) is 84.2 Å². The molecule has 3 heterocycles. The largest absolute Gasteiger partial charge is 0.332 e. The quantitative estimate of drug-likeness (QED) is 0.425. The lowest BCUT2D eigenvalue weighted by atomic mass is 10.1. The van der Waals surface area contributed by atoms with Crippen LogP contribution in [0.15, 0.2) is 71.5 Å². The molecule has 0 aliphatic rings. The first-order chi connectivity index (χ1) is 15.1. The van der Waals surface area contributed by atoms with E-state index < -0.39 is 5.82 Å². The van der Waals surface area contributed by atoms with Crippen LogP contribution in [0.2, 0.25) is 0 Å². The molecule has 0 unspecified atom stereocenters.